The number of hydrogen-bond acceptors (Lipinski definition) is 2. The second kappa shape index (κ2) is 3.78. The maximum absolute atomic E-state index is 13.5. The molecule has 0 saturated heterocycles. The fourth-order valence-corrected chi connectivity index (χ4v) is 1.62. The number of nitrogens with zero attached hydrogens (tertiary/aromatic N) is 1. The minimum Gasteiger partial charge on any atom is -0.290 e. The standard InChI is InChI=1S/C12H8FNO2/c1-2-3-7-14-10-8(11(15)12(14)16)5-4-6-9(10)13/h4-6H,7H2,1H3. The van der Waals surface area contributed by atoms with Gasteiger partial charge < -0.3 is 0 Å². The van der Waals surface area contributed by atoms with Crippen LogP contribution in [0.5, 0.6) is 0 Å². The molecule has 0 bridgehead atoms. The molecule has 0 fully saturated rings. The van der Waals surface area contributed by atoms with E-state index in [1.165, 1.54) is 18.2 Å². The van der Waals surface area contributed by atoms with Crippen molar-refractivity contribution in [3.05, 3.63) is 29.6 Å². The highest BCUT2D eigenvalue weighted by molar-refractivity contribution is 6.52. The lowest BCUT2D eigenvalue weighted by Crippen LogP contribution is -2.30. The molecule has 0 N–H and O–H groups in total. The van der Waals surface area contributed by atoms with Gasteiger partial charge in [0.15, 0.2) is 0 Å². The number of para-hydroxylation sites is 1. The van der Waals surface area contributed by atoms with Crippen LogP contribution in [0.4, 0.5) is 10.1 Å². The van der Waals surface area contributed by atoms with E-state index in [1.807, 2.05) is 0 Å². The van der Waals surface area contributed by atoms with Crippen molar-refractivity contribution in [3.63, 3.8) is 0 Å². The van der Waals surface area contributed by atoms with E-state index in [1.54, 1.807) is 6.92 Å². The van der Waals surface area contributed by atoms with Gasteiger partial charge in [0.05, 0.1) is 17.8 Å². The van der Waals surface area contributed by atoms with Crippen LogP contribution in [0.15, 0.2) is 18.2 Å². The van der Waals surface area contributed by atoms with E-state index >= 15 is 0 Å². The number of carbonyl (C=O) groups excluding carboxylic acids is 2. The molecule has 0 aromatic heterocycles. The van der Waals surface area contributed by atoms with Crippen LogP contribution in [0.3, 0.4) is 0 Å². The third kappa shape index (κ3) is 1.38. The Morgan fingerprint density at radius 2 is 2.12 bits per heavy atom. The van der Waals surface area contributed by atoms with Crippen LogP contribution in [0, 0.1) is 17.7 Å². The van der Waals surface area contributed by atoms with Gasteiger partial charge in [0.2, 0.25) is 0 Å². The zero-order valence-corrected chi connectivity index (χ0v) is 8.58. The molecule has 3 nitrogen and oxygen atoms in total. The summed E-state index contributed by atoms with van der Waals surface area (Å²) in [6.07, 6.45) is 0. The van der Waals surface area contributed by atoms with E-state index in [0.29, 0.717) is 0 Å². The van der Waals surface area contributed by atoms with Crippen LogP contribution >= 0.6 is 0 Å². The monoisotopic (exact) mass is 217 g/mol. The minimum atomic E-state index is -0.720. The highest BCUT2D eigenvalue weighted by Gasteiger charge is 2.37. The van der Waals surface area contributed by atoms with Crippen molar-refractivity contribution in [3.8, 4) is 11.8 Å². The number of rotatable bonds is 1. The minimum absolute atomic E-state index is 0.0367. The molecule has 1 aromatic carbocycles. The smallest absolute Gasteiger partial charge is 0.290 e. The lowest BCUT2D eigenvalue weighted by molar-refractivity contribution is -0.114. The quantitative estimate of drug-likeness (QED) is 0.526. The average molecular weight is 217 g/mol. The molecule has 0 radical (unpaired) electrons. The topological polar surface area (TPSA) is 37.4 Å². The zero-order valence-electron chi connectivity index (χ0n) is 8.58. The second-order valence-corrected chi connectivity index (χ2v) is 3.28. The van der Waals surface area contributed by atoms with Gasteiger partial charge in [0.1, 0.15) is 5.82 Å². The Morgan fingerprint density at radius 1 is 1.38 bits per heavy atom. The Bertz CT molecular complexity index is 540. The van der Waals surface area contributed by atoms with E-state index < -0.39 is 17.5 Å². The van der Waals surface area contributed by atoms with Gasteiger partial charge in [0.25, 0.3) is 11.7 Å². The van der Waals surface area contributed by atoms with Crippen molar-refractivity contribution in [1.29, 1.82) is 0 Å². The number of hydrogen-bond donors (Lipinski definition) is 0. The number of halogens is 1. The largest absolute Gasteiger partial charge is 0.300 e. The van der Waals surface area contributed by atoms with Crippen LogP contribution in [0.1, 0.15) is 17.3 Å². The Hall–Kier alpha value is -2.15. The van der Waals surface area contributed by atoms with Crippen molar-refractivity contribution in [1.82, 2.24) is 0 Å². The predicted octanol–water partition coefficient (Wildman–Crippen LogP) is 1.38. The van der Waals surface area contributed by atoms with Crippen LogP contribution in [-0.4, -0.2) is 18.2 Å². The second-order valence-electron chi connectivity index (χ2n) is 3.28. The molecule has 80 valence electrons. The van der Waals surface area contributed by atoms with Gasteiger partial charge in [0, 0.05) is 0 Å². The normalized spacial score (nSPS) is 13.5. The lowest BCUT2D eigenvalue weighted by atomic mass is 10.1. The maximum Gasteiger partial charge on any atom is 0.300 e. The number of amides is 1. The third-order valence-electron chi connectivity index (χ3n) is 2.35. The summed E-state index contributed by atoms with van der Waals surface area (Å²) in [5.41, 5.74) is 0.156. The van der Waals surface area contributed by atoms with E-state index in [0.717, 1.165) is 4.90 Å². The molecule has 1 aliphatic heterocycles. The highest BCUT2D eigenvalue weighted by atomic mass is 19.1. The van der Waals surface area contributed by atoms with Crippen LogP contribution in [-0.2, 0) is 4.79 Å². The predicted molar refractivity (Wildman–Crippen MR) is 56.5 cm³/mol. The molecule has 4 heteroatoms. The van der Waals surface area contributed by atoms with Crippen LogP contribution in [0.2, 0.25) is 0 Å². The van der Waals surface area contributed by atoms with Gasteiger partial charge in [-0.3, -0.25) is 14.5 Å². The number of Topliss-reactive ketones (excluding diaryl/α,β-unsaturated/α-hetero) is 1. The number of benzene rings is 1. The van der Waals surface area contributed by atoms with E-state index in [2.05, 4.69) is 11.8 Å². The molecule has 0 atom stereocenters. The van der Waals surface area contributed by atoms with Gasteiger partial charge in [-0.2, -0.15) is 0 Å². The van der Waals surface area contributed by atoms with Gasteiger partial charge in [-0.05, 0) is 19.1 Å². The summed E-state index contributed by atoms with van der Waals surface area (Å²) >= 11 is 0. The van der Waals surface area contributed by atoms with E-state index in [-0.39, 0.29) is 17.8 Å². The zero-order chi connectivity index (χ0) is 11.7. The fraction of sp³-hybridized carbons (Fsp3) is 0.167. The first-order chi connectivity index (χ1) is 7.66. The van der Waals surface area contributed by atoms with Crippen molar-refractivity contribution >= 4 is 17.4 Å². The maximum atomic E-state index is 13.5. The SMILES string of the molecule is CC#CCN1C(=O)C(=O)c2cccc(F)c21. The van der Waals surface area contributed by atoms with Gasteiger partial charge in [-0.15, -0.1) is 5.92 Å². The third-order valence-corrected chi connectivity index (χ3v) is 2.35. The Balaban J connectivity index is 2.54. The molecular weight excluding hydrogens is 209 g/mol. The van der Waals surface area contributed by atoms with Crippen molar-refractivity contribution < 1.29 is 14.0 Å². The first kappa shape index (κ1) is 10.4. The number of ketones is 1. The highest BCUT2D eigenvalue weighted by Crippen LogP contribution is 2.30. The number of anilines is 1. The number of fused-ring (bicyclic) bond motifs is 1. The molecule has 1 aromatic rings. The Morgan fingerprint density at radius 3 is 2.81 bits per heavy atom. The fourth-order valence-electron chi connectivity index (χ4n) is 1.62. The van der Waals surface area contributed by atoms with Crippen LogP contribution < -0.4 is 4.90 Å². The van der Waals surface area contributed by atoms with Gasteiger partial charge >= 0.3 is 0 Å². The van der Waals surface area contributed by atoms with Gasteiger partial charge in [-0.1, -0.05) is 12.0 Å². The molecule has 0 spiro atoms. The summed E-state index contributed by atoms with van der Waals surface area (Å²) in [6.45, 7) is 1.65. The Labute approximate surface area is 91.9 Å². The molecule has 1 aliphatic rings. The molecule has 16 heavy (non-hydrogen) atoms. The number of carbonyl (C=O) groups is 2. The molecule has 1 amide bonds. The summed E-state index contributed by atoms with van der Waals surface area (Å²) in [7, 11) is 0. The van der Waals surface area contributed by atoms with Crippen molar-refractivity contribution in [2.45, 2.75) is 6.92 Å². The van der Waals surface area contributed by atoms with Gasteiger partial charge in [-0.25, -0.2) is 4.39 Å². The molecule has 2 rings (SSSR count). The van der Waals surface area contributed by atoms with Crippen molar-refractivity contribution in [2.75, 3.05) is 11.4 Å². The Kier molecular flexibility index (Phi) is 2.45. The molecule has 0 unspecified atom stereocenters. The molecular formula is C12H8FNO2. The molecule has 0 saturated carbocycles. The van der Waals surface area contributed by atoms with E-state index in [4.69, 9.17) is 0 Å². The van der Waals surface area contributed by atoms with Crippen molar-refractivity contribution in [2.24, 2.45) is 0 Å². The molecule has 1 heterocycles. The average Bonchev–Trinajstić information content (AvgIpc) is 2.52. The summed E-state index contributed by atoms with van der Waals surface area (Å²) < 4.78 is 13.5. The summed E-state index contributed by atoms with van der Waals surface area (Å²) in [4.78, 5) is 24.2. The summed E-state index contributed by atoms with van der Waals surface area (Å²) in [5.74, 6) is 3.28. The first-order valence-corrected chi connectivity index (χ1v) is 4.71. The van der Waals surface area contributed by atoms with E-state index in [9.17, 15) is 14.0 Å². The molecule has 0 aliphatic carbocycles. The lowest BCUT2D eigenvalue weighted by Gasteiger charge is -2.12. The summed E-state index contributed by atoms with van der Waals surface area (Å²) in [6, 6.07) is 4.07. The summed E-state index contributed by atoms with van der Waals surface area (Å²) in [5, 5.41) is 0. The first-order valence-electron chi connectivity index (χ1n) is 4.71. The van der Waals surface area contributed by atoms with Crippen LogP contribution in [0.25, 0.3) is 0 Å².